The molecule has 3 amide bonds. The van der Waals surface area contributed by atoms with Crippen molar-refractivity contribution in [1.29, 1.82) is 0 Å². The van der Waals surface area contributed by atoms with Crippen LogP contribution in [0.1, 0.15) is 20.7 Å². The summed E-state index contributed by atoms with van der Waals surface area (Å²) in [6.45, 7) is -0.444. The summed E-state index contributed by atoms with van der Waals surface area (Å²) in [6, 6.07) is 11.3. The number of methoxy groups -OCH3 is 1. The van der Waals surface area contributed by atoms with Gasteiger partial charge in [0.2, 0.25) is 5.91 Å². The molecular formula is C18H14ClN3O4S. The van der Waals surface area contributed by atoms with Crippen LogP contribution >= 0.6 is 23.8 Å². The van der Waals surface area contributed by atoms with Crippen LogP contribution in [0.2, 0.25) is 5.02 Å². The second-order valence-electron chi connectivity index (χ2n) is 5.59. The number of thiocarbonyl (C=S) groups is 1. The third kappa shape index (κ3) is 3.91. The van der Waals surface area contributed by atoms with Crippen LogP contribution in [0.4, 0.5) is 5.69 Å². The fourth-order valence-electron chi connectivity index (χ4n) is 2.62. The van der Waals surface area contributed by atoms with E-state index < -0.39 is 24.3 Å². The van der Waals surface area contributed by atoms with E-state index >= 15 is 0 Å². The largest absolute Gasteiger partial charge is 0.495 e. The fourth-order valence-corrected chi connectivity index (χ4v) is 3.02. The third-order valence-electron chi connectivity index (χ3n) is 3.84. The fraction of sp³-hybridized carbons (Fsp3) is 0.111. The van der Waals surface area contributed by atoms with E-state index in [1.54, 1.807) is 42.5 Å². The molecule has 3 rings (SSSR count). The monoisotopic (exact) mass is 403 g/mol. The minimum Gasteiger partial charge on any atom is -0.495 e. The molecular weight excluding hydrogens is 390 g/mol. The first-order valence-corrected chi connectivity index (χ1v) is 8.59. The van der Waals surface area contributed by atoms with Crippen molar-refractivity contribution in [2.24, 2.45) is 0 Å². The molecule has 2 aromatic rings. The molecule has 0 fully saturated rings. The summed E-state index contributed by atoms with van der Waals surface area (Å²) in [5, 5.41) is 5.67. The summed E-state index contributed by atoms with van der Waals surface area (Å²) in [7, 11) is 1.48. The molecule has 0 bridgehead atoms. The first-order chi connectivity index (χ1) is 12.9. The van der Waals surface area contributed by atoms with Crippen LogP contribution in [0.3, 0.4) is 0 Å². The predicted octanol–water partition coefficient (Wildman–Crippen LogP) is 2.46. The Labute approximate surface area is 165 Å². The zero-order chi connectivity index (χ0) is 19.6. The molecule has 0 aliphatic carbocycles. The Bertz CT molecular complexity index is 928. The van der Waals surface area contributed by atoms with Crippen molar-refractivity contribution >= 4 is 52.3 Å². The van der Waals surface area contributed by atoms with E-state index in [0.717, 1.165) is 4.90 Å². The van der Waals surface area contributed by atoms with Gasteiger partial charge in [0.15, 0.2) is 5.11 Å². The van der Waals surface area contributed by atoms with E-state index in [-0.39, 0.29) is 16.2 Å². The third-order valence-corrected chi connectivity index (χ3v) is 4.28. The van der Waals surface area contributed by atoms with Crippen molar-refractivity contribution < 1.29 is 19.1 Å². The van der Waals surface area contributed by atoms with E-state index in [1.165, 1.54) is 7.11 Å². The molecule has 0 saturated heterocycles. The van der Waals surface area contributed by atoms with Crippen molar-refractivity contribution in [3.8, 4) is 5.75 Å². The summed E-state index contributed by atoms with van der Waals surface area (Å²) < 4.78 is 5.19. The molecule has 2 N–H and O–H groups in total. The number of benzene rings is 2. The van der Waals surface area contributed by atoms with E-state index in [1.807, 2.05) is 0 Å². The van der Waals surface area contributed by atoms with Crippen LogP contribution < -0.4 is 15.4 Å². The van der Waals surface area contributed by atoms with E-state index in [2.05, 4.69) is 10.6 Å². The van der Waals surface area contributed by atoms with Gasteiger partial charge in [0.05, 0.1) is 23.9 Å². The van der Waals surface area contributed by atoms with Crippen molar-refractivity contribution in [1.82, 2.24) is 10.2 Å². The quantitative estimate of drug-likeness (QED) is 0.602. The number of nitrogens with zero attached hydrogens (tertiary/aromatic N) is 1. The van der Waals surface area contributed by atoms with Gasteiger partial charge in [-0.15, -0.1) is 0 Å². The molecule has 27 heavy (non-hydrogen) atoms. The SMILES string of the molecule is COc1ccc(Cl)cc1NC(=S)NC(=O)CN1C(=O)c2ccccc2C1=O. The molecule has 2 aromatic carbocycles. The molecule has 7 nitrogen and oxygen atoms in total. The number of ether oxygens (including phenoxy) is 1. The van der Waals surface area contributed by atoms with Gasteiger partial charge in [0.25, 0.3) is 11.8 Å². The number of carbonyl (C=O) groups is 3. The average Bonchev–Trinajstić information content (AvgIpc) is 2.87. The number of nitrogens with one attached hydrogen (secondary N) is 2. The van der Waals surface area contributed by atoms with Crippen LogP contribution in [0.15, 0.2) is 42.5 Å². The van der Waals surface area contributed by atoms with Gasteiger partial charge in [-0.3, -0.25) is 19.3 Å². The summed E-state index contributed by atoms with van der Waals surface area (Å²) >= 11 is 11.0. The second kappa shape index (κ2) is 7.73. The molecule has 0 spiro atoms. The summed E-state index contributed by atoms with van der Waals surface area (Å²) in [5.41, 5.74) is 1.02. The highest BCUT2D eigenvalue weighted by Crippen LogP contribution is 2.27. The zero-order valence-electron chi connectivity index (χ0n) is 14.1. The Morgan fingerprint density at radius 2 is 1.78 bits per heavy atom. The summed E-state index contributed by atoms with van der Waals surface area (Å²) in [5.74, 6) is -1.15. The number of fused-ring (bicyclic) bond motifs is 1. The maximum Gasteiger partial charge on any atom is 0.262 e. The average molecular weight is 404 g/mol. The molecule has 0 saturated carbocycles. The van der Waals surface area contributed by atoms with E-state index in [9.17, 15) is 14.4 Å². The summed E-state index contributed by atoms with van der Waals surface area (Å²) in [4.78, 5) is 37.7. The van der Waals surface area contributed by atoms with Crippen molar-refractivity contribution in [2.45, 2.75) is 0 Å². The Kier molecular flexibility index (Phi) is 5.38. The smallest absolute Gasteiger partial charge is 0.262 e. The Morgan fingerprint density at radius 1 is 1.15 bits per heavy atom. The number of hydrogen-bond acceptors (Lipinski definition) is 5. The first-order valence-electron chi connectivity index (χ1n) is 7.80. The maximum absolute atomic E-state index is 12.3. The highest BCUT2D eigenvalue weighted by molar-refractivity contribution is 7.80. The molecule has 1 aliphatic rings. The molecule has 138 valence electrons. The van der Waals surface area contributed by atoms with Crippen LogP contribution in [0, 0.1) is 0 Å². The van der Waals surface area contributed by atoms with Crippen LogP contribution in [-0.2, 0) is 4.79 Å². The lowest BCUT2D eigenvalue weighted by atomic mass is 10.1. The van der Waals surface area contributed by atoms with Crippen LogP contribution in [0.5, 0.6) is 5.75 Å². The van der Waals surface area contributed by atoms with Gasteiger partial charge in [-0.2, -0.15) is 0 Å². The molecule has 9 heteroatoms. The molecule has 0 atom stereocenters. The zero-order valence-corrected chi connectivity index (χ0v) is 15.7. The van der Waals surface area contributed by atoms with Crippen molar-refractivity contribution in [3.05, 3.63) is 58.6 Å². The van der Waals surface area contributed by atoms with Gasteiger partial charge in [-0.05, 0) is 42.5 Å². The topological polar surface area (TPSA) is 87.7 Å². The lowest BCUT2D eigenvalue weighted by Gasteiger charge is -2.16. The van der Waals surface area contributed by atoms with E-state index in [4.69, 9.17) is 28.6 Å². The Hall–Kier alpha value is -2.97. The van der Waals surface area contributed by atoms with E-state index in [0.29, 0.717) is 16.5 Å². The van der Waals surface area contributed by atoms with Gasteiger partial charge in [-0.1, -0.05) is 23.7 Å². The number of anilines is 1. The predicted molar refractivity (Wildman–Crippen MR) is 104 cm³/mol. The van der Waals surface area contributed by atoms with Crippen LogP contribution in [-0.4, -0.2) is 41.4 Å². The lowest BCUT2D eigenvalue weighted by molar-refractivity contribution is -0.120. The molecule has 0 radical (unpaired) electrons. The molecule has 0 unspecified atom stereocenters. The first kappa shape index (κ1) is 18.8. The number of hydrogen-bond donors (Lipinski definition) is 2. The molecule has 1 heterocycles. The minimum absolute atomic E-state index is 0.0165. The van der Waals surface area contributed by atoms with Crippen molar-refractivity contribution in [2.75, 3.05) is 19.0 Å². The number of amides is 3. The van der Waals surface area contributed by atoms with Crippen LogP contribution in [0.25, 0.3) is 0 Å². The number of halogens is 1. The Balaban J connectivity index is 1.63. The van der Waals surface area contributed by atoms with Gasteiger partial charge in [0, 0.05) is 5.02 Å². The Morgan fingerprint density at radius 3 is 2.37 bits per heavy atom. The minimum atomic E-state index is -0.608. The summed E-state index contributed by atoms with van der Waals surface area (Å²) in [6.07, 6.45) is 0. The van der Waals surface area contributed by atoms with Gasteiger partial charge in [-0.25, -0.2) is 0 Å². The van der Waals surface area contributed by atoms with Crippen molar-refractivity contribution in [3.63, 3.8) is 0 Å². The van der Waals surface area contributed by atoms with Gasteiger partial charge >= 0.3 is 0 Å². The van der Waals surface area contributed by atoms with Gasteiger partial charge in [0.1, 0.15) is 12.3 Å². The number of imide groups is 1. The maximum atomic E-state index is 12.3. The number of rotatable bonds is 4. The lowest BCUT2D eigenvalue weighted by Crippen LogP contribution is -2.43. The highest BCUT2D eigenvalue weighted by atomic mass is 35.5. The van der Waals surface area contributed by atoms with Gasteiger partial charge < -0.3 is 15.4 Å². The normalized spacial score (nSPS) is 12.6. The second-order valence-corrected chi connectivity index (χ2v) is 6.43. The molecule has 1 aliphatic heterocycles. The standard InChI is InChI=1S/C18H14ClN3O4S/c1-26-14-7-6-10(19)8-13(14)20-18(27)21-15(23)9-22-16(24)11-4-2-3-5-12(11)17(22)25/h2-8H,9H2,1H3,(H2,20,21,23,27). The number of carbonyl (C=O) groups excluding carboxylic acids is 3. The highest BCUT2D eigenvalue weighted by Gasteiger charge is 2.36. The molecule has 0 aromatic heterocycles.